The fraction of sp³-hybridized carbons (Fsp3) is 0.409. The fourth-order valence-corrected chi connectivity index (χ4v) is 3.64. The molecule has 0 spiro atoms. The van der Waals surface area contributed by atoms with Crippen LogP contribution in [0, 0.1) is 0 Å². The molecule has 4 nitrogen and oxygen atoms in total. The van der Waals surface area contributed by atoms with Crippen LogP contribution in [0.2, 0.25) is 0 Å². The van der Waals surface area contributed by atoms with Gasteiger partial charge in [0, 0.05) is 35.7 Å². The number of hydrogen-bond acceptors (Lipinski definition) is 3. The molecule has 26 heavy (non-hydrogen) atoms. The van der Waals surface area contributed by atoms with Crippen molar-refractivity contribution in [1.82, 2.24) is 10.2 Å². The average Bonchev–Trinajstić information content (AvgIpc) is 3.09. The van der Waals surface area contributed by atoms with E-state index in [9.17, 15) is 0 Å². The third-order valence-electron chi connectivity index (χ3n) is 5.36. The first kappa shape index (κ1) is 18.5. The Labute approximate surface area is 156 Å². The van der Waals surface area contributed by atoms with Gasteiger partial charge in [0.05, 0.1) is 0 Å². The fourth-order valence-electron chi connectivity index (χ4n) is 3.64. The van der Waals surface area contributed by atoms with Crippen molar-refractivity contribution in [3.8, 4) is 0 Å². The Balaban J connectivity index is 1.66. The summed E-state index contributed by atoms with van der Waals surface area (Å²) in [6, 6.07) is 11.1. The van der Waals surface area contributed by atoms with Crippen LogP contribution < -0.4 is 5.32 Å². The van der Waals surface area contributed by atoms with Gasteiger partial charge in [-0.3, -0.25) is 4.99 Å². The molecule has 4 heteroatoms. The SMILES string of the molecule is C=C(C(=C)c1cc2ccccc2o1)C(=NC)NC1CCC(N(C)C)CC1. The lowest BCUT2D eigenvalue weighted by Gasteiger charge is -2.33. The van der Waals surface area contributed by atoms with Gasteiger partial charge in [-0.15, -0.1) is 0 Å². The summed E-state index contributed by atoms with van der Waals surface area (Å²) in [5, 5.41) is 4.65. The van der Waals surface area contributed by atoms with Gasteiger partial charge < -0.3 is 14.6 Å². The summed E-state index contributed by atoms with van der Waals surface area (Å²) in [6.07, 6.45) is 4.70. The summed E-state index contributed by atoms with van der Waals surface area (Å²) in [4.78, 5) is 6.76. The van der Waals surface area contributed by atoms with Crippen molar-refractivity contribution in [2.75, 3.05) is 21.1 Å². The van der Waals surface area contributed by atoms with Gasteiger partial charge in [-0.2, -0.15) is 0 Å². The Bertz CT molecular complexity index is 790. The maximum atomic E-state index is 5.93. The highest BCUT2D eigenvalue weighted by Crippen LogP contribution is 2.28. The number of benzene rings is 1. The minimum absolute atomic E-state index is 0.435. The second kappa shape index (κ2) is 7.92. The molecule has 1 aromatic carbocycles. The molecule has 0 bridgehead atoms. The Morgan fingerprint density at radius 1 is 1.15 bits per heavy atom. The van der Waals surface area contributed by atoms with Gasteiger partial charge in [0.25, 0.3) is 0 Å². The lowest BCUT2D eigenvalue weighted by molar-refractivity contribution is 0.212. The van der Waals surface area contributed by atoms with Crippen LogP contribution in [0.3, 0.4) is 0 Å². The highest BCUT2D eigenvalue weighted by molar-refractivity contribution is 6.11. The number of hydrogen-bond donors (Lipinski definition) is 1. The molecule has 3 rings (SSSR count). The van der Waals surface area contributed by atoms with E-state index in [1.807, 2.05) is 30.3 Å². The van der Waals surface area contributed by atoms with Crippen molar-refractivity contribution in [1.29, 1.82) is 0 Å². The molecule has 1 saturated carbocycles. The van der Waals surface area contributed by atoms with E-state index in [-0.39, 0.29) is 0 Å². The van der Waals surface area contributed by atoms with Crippen LogP contribution in [0.1, 0.15) is 31.4 Å². The number of aliphatic imine (C=N–C) groups is 1. The number of fused-ring (bicyclic) bond motifs is 1. The third kappa shape index (κ3) is 3.91. The highest BCUT2D eigenvalue weighted by Gasteiger charge is 2.24. The summed E-state index contributed by atoms with van der Waals surface area (Å²) >= 11 is 0. The van der Waals surface area contributed by atoms with Crippen LogP contribution >= 0.6 is 0 Å². The van der Waals surface area contributed by atoms with Crippen LogP contribution in [0.5, 0.6) is 0 Å². The predicted molar refractivity (Wildman–Crippen MR) is 111 cm³/mol. The Kier molecular flexibility index (Phi) is 5.62. The van der Waals surface area contributed by atoms with Crippen LogP contribution in [0.25, 0.3) is 16.5 Å². The lowest BCUT2D eigenvalue weighted by Crippen LogP contribution is -2.42. The molecule has 0 atom stereocenters. The molecule has 1 aliphatic rings. The number of rotatable bonds is 5. The first-order chi connectivity index (χ1) is 12.5. The molecule has 138 valence electrons. The molecule has 0 saturated heterocycles. The predicted octanol–water partition coefficient (Wildman–Crippen LogP) is 4.49. The topological polar surface area (TPSA) is 40.8 Å². The summed E-state index contributed by atoms with van der Waals surface area (Å²) in [6.45, 7) is 8.42. The van der Waals surface area contributed by atoms with E-state index >= 15 is 0 Å². The summed E-state index contributed by atoms with van der Waals surface area (Å²) in [5.41, 5.74) is 2.43. The number of nitrogens with one attached hydrogen (secondary N) is 1. The van der Waals surface area contributed by atoms with Crippen molar-refractivity contribution in [3.05, 3.63) is 54.8 Å². The maximum absolute atomic E-state index is 5.93. The lowest BCUT2D eigenvalue weighted by atomic mass is 9.90. The molecule has 1 heterocycles. The van der Waals surface area contributed by atoms with E-state index in [4.69, 9.17) is 4.42 Å². The van der Waals surface area contributed by atoms with Crippen LogP contribution in [-0.2, 0) is 0 Å². The summed E-state index contributed by atoms with van der Waals surface area (Å²) < 4.78 is 5.93. The number of furan rings is 1. The third-order valence-corrected chi connectivity index (χ3v) is 5.36. The zero-order chi connectivity index (χ0) is 18.7. The molecular weight excluding hydrogens is 322 g/mol. The van der Waals surface area contributed by atoms with Crippen LogP contribution in [0.4, 0.5) is 0 Å². The van der Waals surface area contributed by atoms with Crippen molar-refractivity contribution in [2.24, 2.45) is 4.99 Å². The molecule has 1 aliphatic carbocycles. The quantitative estimate of drug-likeness (QED) is 0.490. The van der Waals surface area contributed by atoms with Gasteiger partial charge in [-0.25, -0.2) is 0 Å². The molecule has 1 fully saturated rings. The van der Waals surface area contributed by atoms with Gasteiger partial charge >= 0.3 is 0 Å². The largest absolute Gasteiger partial charge is 0.456 e. The first-order valence-electron chi connectivity index (χ1n) is 9.27. The Morgan fingerprint density at radius 3 is 2.46 bits per heavy atom. The van der Waals surface area contributed by atoms with Gasteiger partial charge in [0.15, 0.2) is 0 Å². The zero-order valence-corrected chi connectivity index (χ0v) is 16.1. The van der Waals surface area contributed by atoms with Crippen LogP contribution in [-0.4, -0.2) is 44.0 Å². The van der Waals surface area contributed by atoms with Crippen molar-refractivity contribution >= 4 is 22.4 Å². The van der Waals surface area contributed by atoms with E-state index in [0.717, 1.165) is 46.6 Å². The number of para-hydroxylation sites is 1. The highest BCUT2D eigenvalue weighted by atomic mass is 16.3. The second-order valence-electron chi connectivity index (χ2n) is 7.29. The van der Waals surface area contributed by atoms with E-state index in [0.29, 0.717) is 12.1 Å². The minimum Gasteiger partial charge on any atom is -0.456 e. The molecule has 0 radical (unpaired) electrons. The Morgan fingerprint density at radius 2 is 1.85 bits per heavy atom. The van der Waals surface area contributed by atoms with Gasteiger partial charge in [-0.05, 0) is 51.9 Å². The molecule has 0 aliphatic heterocycles. The van der Waals surface area contributed by atoms with Crippen molar-refractivity contribution in [2.45, 2.75) is 37.8 Å². The molecule has 0 amide bonds. The van der Waals surface area contributed by atoms with E-state index in [1.165, 1.54) is 12.8 Å². The normalized spacial score (nSPS) is 21.2. The second-order valence-corrected chi connectivity index (χ2v) is 7.29. The summed E-state index contributed by atoms with van der Waals surface area (Å²) in [7, 11) is 6.12. The monoisotopic (exact) mass is 351 g/mol. The van der Waals surface area contributed by atoms with Crippen molar-refractivity contribution < 1.29 is 4.42 Å². The zero-order valence-electron chi connectivity index (χ0n) is 16.1. The van der Waals surface area contributed by atoms with Gasteiger partial charge in [0.2, 0.25) is 0 Å². The van der Waals surface area contributed by atoms with E-state index in [2.05, 4.69) is 42.5 Å². The summed E-state index contributed by atoms with van der Waals surface area (Å²) in [5.74, 6) is 1.55. The average molecular weight is 351 g/mol. The molecular formula is C22H29N3O. The van der Waals surface area contributed by atoms with E-state index < -0.39 is 0 Å². The van der Waals surface area contributed by atoms with Gasteiger partial charge in [0.1, 0.15) is 17.2 Å². The van der Waals surface area contributed by atoms with Gasteiger partial charge in [-0.1, -0.05) is 31.4 Å². The number of nitrogens with zero attached hydrogens (tertiary/aromatic N) is 2. The maximum Gasteiger partial charge on any atom is 0.135 e. The smallest absolute Gasteiger partial charge is 0.135 e. The number of amidine groups is 1. The molecule has 2 aromatic rings. The van der Waals surface area contributed by atoms with E-state index in [1.54, 1.807) is 7.05 Å². The molecule has 0 unspecified atom stereocenters. The first-order valence-corrected chi connectivity index (χ1v) is 9.27. The molecule has 1 aromatic heterocycles. The minimum atomic E-state index is 0.435. The van der Waals surface area contributed by atoms with Crippen LogP contribution in [0.15, 0.2) is 58.5 Å². The van der Waals surface area contributed by atoms with Crippen molar-refractivity contribution in [3.63, 3.8) is 0 Å². The standard InChI is InChI=1S/C22H29N3O/c1-15(21-14-17-8-6-7-9-20(17)26-21)16(2)22(23-3)24-18-10-12-19(13-11-18)25(4)5/h6-9,14,18-19H,1-2,10-13H2,3-5H3,(H,23,24). The Hall–Kier alpha value is -2.33. The molecule has 1 N–H and O–H groups in total.